The Morgan fingerprint density at radius 3 is 2.57 bits per heavy atom. The van der Waals surface area contributed by atoms with Gasteiger partial charge in [-0.1, -0.05) is 12.1 Å². The molecule has 1 nitrogen and oxygen atoms in total. The number of rotatable bonds is 3. The van der Waals surface area contributed by atoms with Crippen LogP contribution in [0.2, 0.25) is 0 Å². The van der Waals surface area contributed by atoms with E-state index in [1.165, 1.54) is 6.07 Å². The number of aliphatic hydroxyl groups excluding tert-OH is 1. The van der Waals surface area contributed by atoms with Crippen molar-refractivity contribution in [2.24, 2.45) is 5.41 Å². The average molecular weight is 198 g/mol. The summed E-state index contributed by atoms with van der Waals surface area (Å²) in [6.07, 6.45) is 2.24. The molecule has 0 unspecified atom stereocenters. The van der Waals surface area contributed by atoms with Gasteiger partial charge in [0.2, 0.25) is 0 Å². The molecule has 1 aromatic rings. The molecule has 2 rings (SSSR count). The van der Waals surface area contributed by atoms with Gasteiger partial charge < -0.3 is 5.11 Å². The lowest BCUT2D eigenvalue weighted by Crippen LogP contribution is -2.11. The Morgan fingerprint density at radius 1 is 1.29 bits per heavy atom. The lowest BCUT2D eigenvalue weighted by atomic mass is 9.97. The van der Waals surface area contributed by atoms with Gasteiger partial charge in [-0.25, -0.2) is 8.78 Å². The SMILES string of the molecule is OCC1(Cc2cccc(F)c2F)CC1. The van der Waals surface area contributed by atoms with Crippen molar-refractivity contribution >= 4 is 0 Å². The van der Waals surface area contributed by atoms with Gasteiger partial charge in [0.1, 0.15) is 0 Å². The fraction of sp³-hybridized carbons (Fsp3) is 0.455. The van der Waals surface area contributed by atoms with Crippen molar-refractivity contribution < 1.29 is 13.9 Å². The van der Waals surface area contributed by atoms with Crippen molar-refractivity contribution in [2.75, 3.05) is 6.61 Å². The van der Waals surface area contributed by atoms with Crippen molar-refractivity contribution in [3.05, 3.63) is 35.4 Å². The molecule has 1 fully saturated rings. The zero-order chi connectivity index (χ0) is 10.2. The first kappa shape index (κ1) is 9.59. The summed E-state index contributed by atoms with van der Waals surface area (Å²) in [5, 5.41) is 9.06. The van der Waals surface area contributed by atoms with Gasteiger partial charge in [0.05, 0.1) is 0 Å². The second kappa shape index (κ2) is 3.31. The summed E-state index contributed by atoms with van der Waals surface area (Å²) in [4.78, 5) is 0. The van der Waals surface area contributed by atoms with Gasteiger partial charge >= 0.3 is 0 Å². The Bertz CT molecular complexity index is 345. The Balaban J connectivity index is 2.21. The minimum Gasteiger partial charge on any atom is -0.396 e. The number of benzene rings is 1. The van der Waals surface area contributed by atoms with E-state index in [2.05, 4.69) is 0 Å². The first-order valence-corrected chi connectivity index (χ1v) is 4.71. The molecule has 76 valence electrons. The Labute approximate surface area is 81.4 Å². The third-order valence-corrected chi connectivity index (χ3v) is 2.89. The highest BCUT2D eigenvalue weighted by molar-refractivity contribution is 5.22. The molecule has 0 atom stereocenters. The molecule has 0 radical (unpaired) electrons. The topological polar surface area (TPSA) is 20.2 Å². The molecule has 1 aliphatic carbocycles. The summed E-state index contributed by atoms with van der Waals surface area (Å²) in [6, 6.07) is 4.19. The van der Waals surface area contributed by atoms with Crippen LogP contribution in [0.3, 0.4) is 0 Å². The smallest absolute Gasteiger partial charge is 0.162 e. The molecule has 14 heavy (non-hydrogen) atoms. The summed E-state index contributed by atoms with van der Waals surface area (Å²) >= 11 is 0. The summed E-state index contributed by atoms with van der Waals surface area (Å²) < 4.78 is 26.1. The van der Waals surface area contributed by atoms with Gasteiger partial charge in [-0.15, -0.1) is 0 Å². The van der Waals surface area contributed by atoms with Crippen LogP contribution in [0.1, 0.15) is 18.4 Å². The predicted octanol–water partition coefficient (Wildman–Crippen LogP) is 2.28. The highest BCUT2D eigenvalue weighted by Gasteiger charge is 2.42. The van der Waals surface area contributed by atoms with Gasteiger partial charge in [-0.2, -0.15) is 0 Å². The molecule has 0 aliphatic heterocycles. The van der Waals surface area contributed by atoms with Crippen LogP contribution in [0.15, 0.2) is 18.2 Å². The summed E-state index contributed by atoms with van der Waals surface area (Å²) in [5.41, 5.74) is 0.200. The van der Waals surface area contributed by atoms with Crippen LogP contribution in [-0.4, -0.2) is 11.7 Å². The summed E-state index contributed by atoms with van der Waals surface area (Å²) in [6.45, 7) is 0.0585. The molecule has 1 aromatic carbocycles. The number of aliphatic hydroxyl groups is 1. The molecular weight excluding hydrogens is 186 g/mol. The zero-order valence-corrected chi connectivity index (χ0v) is 7.76. The zero-order valence-electron chi connectivity index (χ0n) is 7.76. The maximum absolute atomic E-state index is 13.2. The van der Waals surface area contributed by atoms with Crippen molar-refractivity contribution in [1.82, 2.24) is 0 Å². The molecule has 0 spiro atoms. The van der Waals surface area contributed by atoms with E-state index in [0.717, 1.165) is 18.9 Å². The molecule has 0 heterocycles. The lowest BCUT2D eigenvalue weighted by Gasteiger charge is -2.11. The van der Waals surface area contributed by atoms with Crippen molar-refractivity contribution in [1.29, 1.82) is 0 Å². The highest BCUT2D eigenvalue weighted by Crippen LogP contribution is 2.48. The van der Waals surface area contributed by atoms with E-state index in [-0.39, 0.29) is 12.0 Å². The van der Waals surface area contributed by atoms with E-state index in [4.69, 9.17) is 5.11 Å². The van der Waals surface area contributed by atoms with Crippen molar-refractivity contribution in [2.45, 2.75) is 19.3 Å². The second-order valence-electron chi connectivity index (χ2n) is 4.05. The molecule has 1 N–H and O–H groups in total. The van der Waals surface area contributed by atoms with E-state index in [9.17, 15) is 8.78 Å². The molecule has 1 saturated carbocycles. The molecule has 0 saturated heterocycles. The van der Waals surface area contributed by atoms with Gasteiger partial charge in [0.15, 0.2) is 11.6 Å². The molecule has 0 bridgehead atoms. The fourth-order valence-electron chi connectivity index (χ4n) is 1.66. The third-order valence-electron chi connectivity index (χ3n) is 2.89. The van der Waals surface area contributed by atoms with Gasteiger partial charge in [0, 0.05) is 6.61 Å². The van der Waals surface area contributed by atoms with Crippen LogP contribution >= 0.6 is 0 Å². The first-order valence-electron chi connectivity index (χ1n) is 4.71. The Morgan fingerprint density at radius 2 is 2.00 bits per heavy atom. The molecule has 3 heteroatoms. The monoisotopic (exact) mass is 198 g/mol. The third kappa shape index (κ3) is 1.64. The number of hydrogen-bond acceptors (Lipinski definition) is 1. The standard InChI is InChI=1S/C11H12F2O/c12-9-3-1-2-8(10(9)13)6-11(7-14)4-5-11/h1-3,14H,4-7H2. The second-order valence-corrected chi connectivity index (χ2v) is 4.05. The van der Waals surface area contributed by atoms with E-state index >= 15 is 0 Å². The van der Waals surface area contributed by atoms with Crippen LogP contribution in [0, 0.1) is 17.0 Å². The van der Waals surface area contributed by atoms with Crippen LogP contribution in [-0.2, 0) is 6.42 Å². The number of hydrogen-bond donors (Lipinski definition) is 1. The van der Waals surface area contributed by atoms with Crippen molar-refractivity contribution in [3.63, 3.8) is 0 Å². The molecular formula is C11H12F2O. The van der Waals surface area contributed by atoms with Gasteiger partial charge in [0.25, 0.3) is 0 Å². The Hall–Kier alpha value is -0.960. The Kier molecular flexibility index (Phi) is 2.27. The quantitative estimate of drug-likeness (QED) is 0.790. The van der Waals surface area contributed by atoms with Crippen LogP contribution in [0.4, 0.5) is 8.78 Å². The van der Waals surface area contributed by atoms with E-state index in [0.29, 0.717) is 12.0 Å². The van der Waals surface area contributed by atoms with E-state index < -0.39 is 11.6 Å². The largest absolute Gasteiger partial charge is 0.396 e. The summed E-state index contributed by atoms with van der Waals surface area (Å²) in [5.74, 6) is -1.58. The van der Waals surface area contributed by atoms with E-state index in [1.807, 2.05) is 0 Å². The molecule has 1 aliphatic rings. The predicted molar refractivity (Wildman–Crippen MR) is 48.8 cm³/mol. The molecule has 0 aromatic heterocycles. The maximum Gasteiger partial charge on any atom is 0.162 e. The van der Waals surface area contributed by atoms with Crippen LogP contribution < -0.4 is 0 Å². The number of halogens is 2. The van der Waals surface area contributed by atoms with E-state index in [1.54, 1.807) is 6.07 Å². The molecule has 0 amide bonds. The van der Waals surface area contributed by atoms with Crippen molar-refractivity contribution in [3.8, 4) is 0 Å². The highest BCUT2D eigenvalue weighted by atomic mass is 19.2. The fourth-order valence-corrected chi connectivity index (χ4v) is 1.66. The van der Waals surface area contributed by atoms with Gasteiger partial charge in [-0.05, 0) is 36.3 Å². The normalized spacial score (nSPS) is 18.2. The minimum atomic E-state index is -0.809. The average Bonchev–Trinajstić information content (AvgIpc) is 2.94. The van der Waals surface area contributed by atoms with Gasteiger partial charge in [-0.3, -0.25) is 0 Å². The van der Waals surface area contributed by atoms with Crippen LogP contribution in [0.25, 0.3) is 0 Å². The minimum absolute atomic E-state index is 0.0585. The summed E-state index contributed by atoms with van der Waals surface area (Å²) in [7, 11) is 0. The maximum atomic E-state index is 13.2. The lowest BCUT2D eigenvalue weighted by molar-refractivity contribution is 0.210. The van der Waals surface area contributed by atoms with Crippen LogP contribution in [0.5, 0.6) is 0 Å². The first-order chi connectivity index (χ1) is 6.67.